The van der Waals surface area contributed by atoms with Gasteiger partial charge in [-0.15, -0.1) is 0 Å². The third kappa shape index (κ3) is 11.3. The zero-order valence-electron chi connectivity index (χ0n) is 89.3. The van der Waals surface area contributed by atoms with Crippen molar-refractivity contribution in [2.45, 2.75) is 52.4 Å². The van der Waals surface area contributed by atoms with Crippen LogP contribution in [0.4, 0.5) is 0 Å². The molecule has 0 saturated carbocycles. The number of rotatable bonds is 10. The largest absolute Gasteiger partial charge is 0.309 e. The third-order valence-electron chi connectivity index (χ3n) is 20.2. The van der Waals surface area contributed by atoms with Crippen LogP contribution in [0.5, 0.6) is 0 Å². The molecule has 20 rings (SSSR count). The standard InChI is InChI=1S/C56H48N2.C48H32N2/c1-55(2,3)41-26-29-51-47(34-41)48-35-42(56(4,5)6)27-30-52(48)57(51)43-28-31-53-49(36-43)44-24-16-17-25-50(44)58(53)54-45(38-20-12-8-13-21-38)32-40(37-18-10-7-11-19-37)33-46(54)39-22-14-9-15-23-39;1-4-16-33(17-5-1)36-30-41(34-18-6-2-7-19-34)48(42(31-36)35-20-8-3-9-21-35)50-46-27-15-12-24-40(46)43-32-37(28-29-47(43)50)49-44-25-13-10-22-38(44)39-23-11-14-26-45(39)49/h7-36H,1-6H3;1-32H/i7D,8D,9D,10D,11D,12D,13D,14D,15D,18D,19D,20D,21D,22D,23D;1D,2D,3D,4D,5D,6D,7D,8D,9D,16D,17D,18D,19D,20D,21D. The lowest BCUT2D eigenvalue weighted by molar-refractivity contribution is 0.590. The number of benzene rings is 16. The van der Waals surface area contributed by atoms with E-state index in [-0.39, 0.29) is 89.0 Å². The van der Waals surface area contributed by atoms with E-state index in [1.54, 1.807) is 21.3 Å². The molecule has 516 valence electrons. The molecule has 4 heteroatoms. The number of para-hydroxylation sites is 4. The molecule has 0 spiro atoms. The summed E-state index contributed by atoms with van der Waals surface area (Å²) >= 11 is 0. The van der Waals surface area contributed by atoms with Gasteiger partial charge in [0.2, 0.25) is 0 Å². The second-order valence-electron chi connectivity index (χ2n) is 28.6. The van der Waals surface area contributed by atoms with Crippen molar-refractivity contribution >= 4 is 87.2 Å². The van der Waals surface area contributed by atoms with Crippen molar-refractivity contribution in [3.05, 3.63) is 387 Å². The molecule has 4 heterocycles. The lowest BCUT2D eigenvalue weighted by atomic mass is 9.85. The highest BCUT2D eigenvalue weighted by atomic mass is 15.0. The van der Waals surface area contributed by atoms with Crippen molar-refractivity contribution in [1.82, 2.24) is 18.3 Å². The van der Waals surface area contributed by atoms with Crippen LogP contribution in [0.2, 0.25) is 0 Å². The first-order valence-electron chi connectivity index (χ1n) is 50.3. The van der Waals surface area contributed by atoms with E-state index in [1.165, 1.54) is 35.4 Å². The lowest BCUT2D eigenvalue weighted by Gasteiger charge is -2.21. The van der Waals surface area contributed by atoms with Gasteiger partial charge < -0.3 is 18.3 Å². The predicted molar refractivity (Wildman–Crippen MR) is 460 cm³/mol. The van der Waals surface area contributed by atoms with Crippen LogP contribution in [0, 0.1) is 0 Å². The van der Waals surface area contributed by atoms with Gasteiger partial charge in [-0.25, -0.2) is 0 Å². The first kappa shape index (κ1) is 40.8. The second kappa shape index (κ2) is 26.4. The number of hydrogen-bond donors (Lipinski definition) is 0. The quantitative estimate of drug-likeness (QED) is 0.130. The van der Waals surface area contributed by atoms with Gasteiger partial charge in [-0.05, 0) is 176 Å². The SMILES string of the molecule is [2H]c1c([2H])c([2H])c(-c2cc(-c3c([2H])c([2H])c([2H])c([2H])c3[2H])c(-n3c4ccccc4c4cc(-n5c6ccc(C(C)(C)C)cc6c6cc(C(C)(C)C)ccc65)ccc43)c(-c3c([2H])c([2H])c([2H])c([2H])c3[2H])c2)c([2H])c1[2H].[2H]c1c([2H])c([2H])c(-c2cc(-c3c([2H])c([2H])c([2H])c([2H])c3[2H])c(-n3c4ccccc4c4cc(-n5c6ccccc6c6ccccc65)ccc43)c(-c3c([2H])c([2H])c([2H])c([2H])c3[2H])c2)c([2H])c1[2H]. The van der Waals surface area contributed by atoms with E-state index in [2.05, 4.69) is 105 Å². The highest BCUT2D eigenvalue weighted by Gasteiger charge is 2.27. The highest BCUT2D eigenvalue weighted by molar-refractivity contribution is 6.16. The average molecular weight is 1420 g/mol. The minimum absolute atomic E-state index is 0.0495. The Labute approximate surface area is 672 Å². The van der Waals surface area contributed by atoms with Gasteiger partial charge in [0.1, 0.15) is 0 Å². The Hall–Kier alpha value is -13.3. The Morgan fingerprint density at radius 3 is 0.731 bits per heavy atom. The maximum Gasteiger partial charge on any atom is 0.0629 e. The van der Waals surface area contributed by atoms with Crippen LogP contribution in [0.3, 0.4) is 0 Å². The van der Waals surface area contributed by atoms with Crippen LogP contribution in [-0.4, -0.2) is 18.3 Å². The molecule has 0 bridgehead atoms. The summed E-state index contributed by atoms with van der Waals surface area (Å²) in [5.41, 5.74) is 7.35. The van der Waals surface area contributed by atoms with Crippen LogP contribution in [0.15, 0.2) is 375 Å². The number of hydrogen-bond acceptors (Lipinski definition) is 0. The van der Waals surface area contributed by atoms with Crippen molar-refractivity contribution in [1.29, 1.82) is 0 Å². The summed E-state index contributed by atoms with van der Waals surface area (Å²) in [4.78, 5) is 0. The monoisotopic (exact) mass is 1410 g/mol. The fraction of sp³-hybridized carbons (Fsp3) is 0.0769. The van der Waals surface area contributed by atoms with Gasteiger partial charge in [0.15, 0.2) is 0 Å². The Morgan fingerprint density at radius 1 is 0.204 bits per heavy atom. The van der Waals surface area contributed by atoms with E-state index in [4.69, 9.17) is 30.2 Å². The van der Waals surface area contributed by atoms with Gasteiger partial charge in [-0.2, -0.15) is 0 Å². The number of fused-ring (bicyclic) bond motifs is 12. The predicted octanol–water partition coefficient (Wildman–Crippen LogP) is 28.4. The van der Waals surface area contributed by atoms with E-state index in [0.717, 1.165) is 71.1 Å². The van der Waals surface area contributed by atoms with Crippen molar-refractivity contribution in [2.24, 2.45) is 0 Å². The Bertz CT molecular complexity index is 8330. The molecule has 16 aromatic carbocycles. The highest BCUT2D eigenvalue weighted by Crippen LogP contribution is 2.48. The Morgan fingerprint density at radius 2 is 0.435 bits per heavy atom. The fourth-order valence-electron chi connectivity index (χ4n) is 15.2. The third-order valence-corrected chi connectivity index (χ3v) is 20.2. The zero-order valence-corrected chi connectivity index (χ0v) is 59.3. The van der Waals surface area contributed by atoms with Gasteiger partial charge in [-0.3, -0.25) is 0 Å². The van der Waals surface area contributed by atoms with Crippen molar-refractivity contribution in [3.63, 3.8) is 0 Å². The molecule has 0 aliphatic rings. The first-order chi connectivity index (χ1) is 65.3. The molecule has 0 amide bonds. The van der Waals surface area contributed by atoms with E-state index in [0.29, 0.717) is 27.5 Å². The molecule has 0 fully saturated rings. The molecular formula is C104H80N4. The molecule has 0 aliphatic heterocycles. The molecule has 0 saturated heterocycles. The van der Waals surface area contributed by atoms with Gasteiger partial charge in [0.05, 0.1) is 96.6 Å². The van der Waals surface area contributed by atoms with Gasteiger partial charge >= 0.3 is 0 Å². The Balaban J connectivity index is 0.000000177. The van der Waals surface area contributed by atoms with E-state index in [9.17, 15) is 11.0 Å². The molecule has 0 aliphatic carbocycles. The summed E-state index contributed by atoms with van der Waals surface area (Å²) in [6.07, 6.45) is 0. The molecule has 4 nitrogen and oxygen atoms in total. The molecule has 20 aromatic rings. The van der Waals surface area contributed by atoms with Gasteiger partial charge in [0, 0.05) is 76.7 Å². The summed E-state index contributed by atoms with van der Waals surface area (Å²) in [6.45, 7) is 13.1. The fourth-order valence-corrected chi connectivity index (χ4v) is 15.2. The minimum atomic E-state index is -0.679. The maximum atomic E-state index is 9.37. The topological polar surface area (TPSA) is 19.7 Å². The van der Waals surface area contributed by atoms with Crippen LogP contribution in [-0.2, 0) is 10.8 Å². The summed E-state index contributed by atoms with van der Waals surface area (Å²) in [5.74, 6) is 0. The van der Waals surface area contributed by atoms with Crippen molar-refractivity contribution in [2.75, 3.05) is 0 Å². The Kier molecular flexibility index (Phi) is 9.98. The molecule has 0 atom stereocenters. The van der Waals surface area contributed by atoms with Crippen LogP contribution < -0.4 is 0 Å². The number of nitrogens with zero attached hydrogens (tertiary/aromatic N) is 4. The molecule has 0 N–H and O–H groups in total. The second-order valence-corrected chi connectivity index (χ2v) is 28.6. The maximum absolute atomic E-state index is 9.37. The van der Waals surface area contributed by atoms with Gasteiger partial charge in [0.25, 0.3) is 0 Å². The van der Waals surface area contributed by atoms with Crippen LogP contribution >= 0.6 is 0 Å². The molecular weight excluding hydrogens is 1310 g/mol. The molecule has 108 heavy (non-hydrogen) atoms. The summed E-state index contributed by atoms with van der Waals surface area (Å²) in [5, 5.41) is 7.15. The summed E-state index contributed by atoms with van der Waals surface area (Å²) in [7, 11) is 0. The van der Waals surface area contributed by atoms with Crippen molar-refractivity contribution in [3.8, 4) is 89.5 Å². The summed E-state index contributed by atoms with van der Waals surface area (Å²) < 4.78 is 274. The van der Waals surface area contributed by atoms with E-state index >= 15 is 0 Å². The van der Waals surface area contributed by atoms with Crippen LogP contribution in [0.1, 0.15) is 93.8 Å². The average Bonchev–Trinajstić information content (AvgIpc) is 1.53. The first-order valence-corrected chi connectivity index (χ1v) is 35.3. The minimum Gasteiger partial charge on any atom is -0.309 e. The molecule has 4 aromatic heterocycles. The normalized spacial score (nSPS) is 15.9. The lowest BCUT2D eigenvalue weighted by Crippen LogP contribution is -2.10. The summed E-state index contributed by atoms with van der Waals surface area (Å²) in [6, 6.07) is 41.7. The molecule has 0 radical (unpaired) electrons. The number of aromatic nitrogens is 4. The van der Waals surface area contributed by atoms with Gasteiger partial charge in [-0.1, -0.05) is 308 Å². The molecule has 0 unspecified atom stereocenters. The zero-order chi connectivity index (χ0) is 98.9. The van der Waals surface area contributed by atoms with Crippen LogP contribution in [0.25, 0.3) is 177 Å². The van der Waals surface area contributed by atoms with Crippen molar-refractivity contribution < 1.29 is 41.1 Å². The van der Waals surface area contributed by atoms with E-state index < -0.39 is 181 Å². The smallest absolute Gasteiger partial charge is 0.0629 e. The van der Waals surface area contributed by atoms with E-state index in [1.807, 2.05) is 103 Å².